The molecular formula is C22H19Br2N3O2. The molecule has 3 rings (SSSR count). The average Bonchev–Trinajstić information content (AvgIpc) is 2.73. The molecule has 0 spiro atoms. The molecule has 0 saturated carbocycles. The molecule has 3 aromatic rings. The van der Waals surface area contributed by atoms with E-state index >= 15 is 0 Å². The molecule has 3 aromatic carbocycles. The minimum Gasteiger partial charge on any atom is -0.487 e. The van der Waals surface area contributed by atoms with Gasteiger partial charge in [-0.1, -0.05) is 48.5 Å². The fraction of sp³-hybridized carbons (Fsp3) is 0.0909. The summed E-state index contributed by atoms with van der Waals surface area (Å²) in [5.74, 6) is 0.480. The topological polar surface area (TPSA) is 62.7 Å². The number of para-hydroxylation sites is 1. The van der Waals surface area contributed by atoms with E-state index in [4.69, 9.17) is 4.74 Å². The van der Waals surface area contributed by atoms with E-state index in [1.54, 1.807) is 6.21 Å². The summed E-state index contributed by atoms with van der Waals surface area (Å²) >= 11 is 7.06. The highest BCUT2D eigenvalue weighted by atomic mass is 79.9. The van der Waals surface area contributed by atoms with Crippen molar-refractivity contribution in [2.45, 2.75) is 6.61 Å². The van der Waals surface area contributed by atoms with Gasteiger partial charge in [-0.3, -0.25) is 4.79 Å². The first-order chi connectivity index (χ1) is 14.1. The number of anilines is 1. The van der Waals surface area contributed by atoms with Crippen LogP contribution in [0.25, 0.3) is 0 Å². The molecule has 0 atom stereocenters. The van der Waals surface area contributed by atoms with Gasteiger partial charge in [-0.25, -0.2) is 5.43 Å². The zero-order valence-corrected chi connectivity index (χ0v) is 18.6. The number of hydrogen-bond acceptors (Lipinski definition) is 4. The molecule has 0 saturated heterocycles. The van der Waals surface area contributed by atoms with E-state index < -0.39 is 0 Å². The van der Waals surface area contributed by atoms with Gasteiger partial charge in [0.2, 0.25) is 0 Å². The highest BCUT2D eigenvalue weighted by Crippen LogP contribution is 2.35. The Bertz CT molecular complexity index is 957. The molecule has 0 aliphatic rings. The molecule has 0 heterocycles. The molecule has 2 N–H and O–H groups in total. The van der Waals surface area contributed by atoms with E-state index in [0.717, 1.165) is 25.8 Å². The second kappa shape index (κ2) is 10.8. The number of hydrazone groups is 1. The molecule has 0 aliphatic carbocycles. The van der Waals surface area contributed by atoms with Crippen LogP contribution in [0.5, 0.6) is 5.75 Å². The van der Waals surface area contributed by atoms with Crippen LogP contribution in [0.4, 0.5) is 5.69 Å². The highest BCUT2D eigenvalue weighted by molar-refractivity contribution is 9.11. The molecule has 1 amide bonds. The fourth-order valence-electron chi connectivity index (χ4n) is 2.48. The van der Waals surface area contributed by atoms with E-state index in [2.05, 4.69) is 47.7 Å². The molecule has 0 aliphatic heterocycles. The number of amides is 1. The molecule has 29 heavy (non-hydrogen) atoms. The number of ether oxygens (including phenoxy) is 1. The van der Waals surface area contributed by atoms with Crippen molar-refractivity contribution in [3.05, 3.63) is 92.9 Å². The number of nitrogens with zero attached hydrogens (tertiary/aromatic N) is 1. The fourth-order valence-corrected chi connectivity index (χ4v) is 3.93. The van der Waals surface area contributed by atoms with Crippen molar-refractivity contribution in [1.29, 1.82) is 0 Å². The first-order valence-electron chi connectivity index (χ1n) is 8.88. The van der Waals surface area contributed by atoms with Crippen molar-refractivity contribution < 1.29 is 9.53 Å². The van der Waals surface area contributed by atoms with Gasteiger partial charge in [0.25, 0.3) is 5.91 Å². The van der Waals surface area contributed by atoms with Crippen molar-refractivity contribution in [1.82, 2.24) is 5.43 Å². The van der Waals surface area contributed by atoms with Gasteiger partial charge in [-0.05, 0) is 67.3 Å². The third-order valence-electron chi connectivity index (χ3n) is 3.88. The summed E-state index contributed by atoms with van der Waals surface area (Å²) in [6.45, 7) is 0.608. The van der Waals surface area contributed by atoms with Crippen LogP contribution in [0, 0.1) is 0 Å². The monoisotopic (exact) mass is 515 g/mol. The van der Waals surface area contributed by atoms with E-state index in [1.807, 2.05) is 72.8 Å². The number of rotatable bonds is 8. The van der Waals surface area contributed by atoms with Crippen molar-refractivity contribution >= 4 is 49.7 Å². The molecule has 0 bridgehead atoms. The van der Waals surface area contributed by atoms with Crippen LogP contribution in [0.3, 0.4) is 0 Å². The normalized spacial score (nSPS) is 10.7. The summed E-state index contributed by atoms with van der Waals surface area (Å²) in [5.41, 5.74) is 5.29. The molecular weight excluding hydrogens is 498 g/mol. The zero-order chi connectivity index (χ0) is 20.5. The Kier molecular flexibility index (Phi) is 7.84. The van der Waals surface area contributed by atoms with Gasteiger partial charge >= 0.3 is 0 Å². The van der Waals surface area contributed by atoms with Gasteiger partial charge in [0.1, 0.15) is 12.4 Å². The van der Waals surface area contributed by atoms with E-state index in [-0.39, 0.29) is 12.5 Å². The van der Waals surface area contributed by atoms with E-state index in [1.165, 1.54) is 0 Å². The van der Waals surface area contributed by atoms with Crippen molar-refractivity contribution in [2.24, 2.45) is 5.10 Å². The Hall–Kier alpha value is -2.64. The van der Waals surface area contributed by atoms with Crippen LogP contribution >= 0.6 is 31.9 Å². The van der Waals surface area contributed by atoms with E-state index in [9.17, 15) is 4.79 Å². The van der Waals surface area contributed by atoms with Crippen LogP contribution in [0.15, 0.2) is 86.8 Å². The third-order valence-corrected chi connectivity index (χ3v) is 5.05. The lowest BCUT2D eigenvalue weighted by molar-refractivity contribution is -0.119. The summed E-state index contributed by atoms with van der Waals surface area (Å²) in [4.78, 5) is 11.9. The lowest BCUT2D eigenvalue weighted by Crippen LogP contribution is -2.25. The van der Waals surface area contributed by atoms with Crippen molar-refractivity contribution in [2.75, 3.05) is 11.9 Å². The summed E-state index contributed by atoms with van der Waals surface area (Å²) in [5, 5.41) is 7.04. The van der Waals surface area contributed by atoms with Crippen LogP contribution in [-0.2, 0) is 11.4 Å². The molecule has 0 aromatic heterocycles. The van der Waals surface area contributed by atoms with Gasteiger partial charge < -0.3 is 10.1 Å². The van der Waals surface area contributed by atoms with Crippen LogP contribution in [0.2, 0.25) is 0 Å². The molecule has 148 valence electrons. The Labute approximate surface area is 186 Å². The molecule has 0 unspecified atom stereocenters. The molecule has 5 nitrogen and oxygen atoms in total. The molecule has 0 radical (unpaired) electrons. The second-order valence-electron chi connectivity index (χ2n) is 6.10. The van der Waals surface area contributed by atoms with Crippen molar-refractivity contribution in [3.8, 4) is 5.75 Å². The van der Waals surface area contributed by atoms with Gasteiger partial charge in [-0.15, -0.1) is 0 Å². The minimum atomic E-state index is -0.231. The smallest absolute Gasteiger partial charge is 0.259 e. The molecule has 7 heteroatoms. The quantitative estimate of drug-likeness (QED) is 0.313. The Balaban J connectivity index is 1.53. The van der Waals surface area contributed by atoms with Gasteiger partial charge in [0.05, 0.1) is 21.7 Å². The summed E-state index contributed by atoms with van der Waals surface area (Å²) in [7, 11) is 0. The number of nitrogens with one attached hydrogen (secondary N) is 2. The van der Waals surface area contributed by atoms with Crippen LogP contribution in [-0.4, -0.2) is 18.7 Å². The van der Waals surface area contributed by atoms with Crippen LogP contribution in [0.1, 0.15) is 11.1 Å². The zero-order valence-electron chi connectivity index (χ0n) is 15.4. The maximum atomic E-state index is 11.9. The predicted octanol–water partition coefficient (Wildman–Crippen LogP) is 5.35. The first-order valence-corrected chi connectivity index (χ1v) is 10.5. The van der Waals surface area contributed by atoms with Crippen LogP contribution < -0.4 is 15.5 Å². The van der Waals surface area contributed by atoms with Crippen molar-refractivity contribution in [3.63, 3.8) is 0 Å². The summed E-state index contributed by atoms with van der Waals surface area (Å²) in [6, 6.07) is 23.2. The number of halogens is 2. The maximum absolute atomic E-state index is 11.9. The summed E-state index contributed by atoms with van der Waals surface area (Å²) in [6.07, 6.45) is 1.58. The number of benzene rings is 3. The third kappa shape index (κ3) is 6.73. The van der Waals surface area contributed by atoms with E-state index in [0.29, 0.717) is 12.4 Å². The largest absolute Gasteiger partial charge is 0.487 e. The second-order valence-corrected chi connectivity index (χ2v) is 7.81. The molecule has 0 fully saturated rings. The maximum Gasteiger partial charge on any atom is 0.259 e. The number of hydrogen-bond donors (Lipinski definition) is 2. The summed E-state index contributed by atoms with van der Waals surface area (Å²) < 4.78 is 7.49. The average molecular weight is 517 g/mol. The minimum absolute atomic E-state index is 0.140. The Morgan fingerprint density at radius 1 is 0.966 bits per heavy atom. The highest BCUT2D eigenvalue weighted by Gasteiger charge is 2.09. The lowest BCUT2D eigenvalue weighted by atomic mass is 10.2. The standard InChI is InChI=1S/C22H19Br2N3O2/c23-19-11-17(12-20(24)22(19)29-15-16-7-3-1-4-8-16)13-26-27-21(28)14-25-18-9-5-2-6-10-18/h1-13,25H,14-15H2,(H,27,28)/b26-13-. The van der Waals surface area contributed by atoms with Gasteiger partial charge in [0.15, 0.2) is 0 Å². The Morgan fingerprint density at radius 2 is 1.59 bits per heavy atom. The first kappa shape index (κ1) is 21.1. The number of carbonyl (C=O) groups excluding carboxylic acids is 1. The van der Waals surface area contributed by atoms with Gasteiger partial charge in [-0.2, -0.15) is 5.10 Å². The predicted molar refractivity (Wildman–Crippen MR) is 123 cm³/mol. The Morgan fingerprint density at radius 3 is 2.24 bits per heavy atom. The SMILES string of the molecule is O=C(CNc1ccccc1)N/N=C\c1cc(Br)c(OCc2ccccc2)c(Br)c1. The number of carbonyl (C=O) groups is 1. The van der Waals surface area contributed by atoms with Gasteiger partial charge in [0, 0.05) is 5.69 Å². The lowest BCUT2D eigenvalue weighted by Gasteiger charge is -2.11.